The standard InChI is InChI=1S/C43H46N6O4S2/c1-27-15-17-35-31(21-27)39(29-9-3-5-11-33(29)46-35)48-41(54)44-19-7-13-37-50-23-43(24-51-37)25-52-38(53-26-43)14-8-20-45-42(55)49-40-30-10-4-6-12-34(30)47-36-18-16-28(2)22-32(36)40/h3-6,9-12,15-18,21-22,37-38H,7-8,13-14,19-20,23-26H2,1-2H3,(H2,44,46,48,54)(H2,45,47,49,55). The van der Waals surface area contributed by atoms with Gasteiger partial charge in [-0.25, -0.2) is 9.97 Å². The Morgan fingerprint density at radius 1 is 0.582 bits per heavy atom. The van der Waals surface area contributed by atoms with Gasteiger partial charge in [0.25, 0.3) is 0 Å². The van der Waals surface area contributed by atoms with E-state index in [0.717, 1.165) is 80.7 Å². The van der Waals surface area contributed by atoms with E-state index >= 15 is 0 Å². The highest BCUT2D eigenvalue weighted by molar-refractivity contribution is 7.80. The molecule has 6 aromatic rings. The van der Waals surface area contributed by atoms with E-state index in [9.17, 15) is 0 Å². The molecule has 4 heterocycles. The van der Waals surface area contributed by atoms with Crippen molar-refractivity contribution < 1.29 is 18.9 Å². The molecular weight excluding hydrogens is 729 g/mol. The molecule has 2 aliphatic rings. The maximum absolute atomic E-state index is 6.15. The van der Waals surface area contributed by atoms with E-state index < -0.39 is 0 Å². The number of nitrogens with one attached hydrogen (secondary N) is 4. The van der Waals surface area contributed by atoms with Crippen LogP contribution in [-0.2, 0) is 18.9 Å². The summed E-state index contributed by atoms with van der Waals surface area (Å²) < 4.78 is 24.6. The fourth-order valence-electron chi connectivity index (χ4n) is 7.29. The average Bonchev–Trinajstić information content (AvgIpc) is 3.20. The van der Waals surface area contributed by atoms with Gasteiger partial charge in [-0.3, -0.25) is 0 Å². The summed E-state index contributed by atoms with van der Waals surface area (Å²) >= 11 is 11.4. The first kappa shape index (κ1) is 37.4. The van der Waals surface area contributed by atoms with E-state index in [1.807, 2.05) is 36.4 Å². The average molecular weight is 775 g/mol. The monoisotopic (exact) mass is 774 g/mol. The second-order valence-corrected chi connectivity index (χ2v) is 15.5. The van der Waals surface area contributed by atoms with Gasteiger partial charge in [-0.15, -0.1) is 0 Å². The number of fused-ring (bicyclic) bond motifs is 4. The van der Waals surface area contributed by atoms with Crippen LogP contribution in [0.15, 0.2) is 84.9 Å². The first-order valence-corrected chi connectivity index (χ1v) is 19.8. The van der Waals surface area contributed by atoms with E-state index in [-0.39, 0.29) is 18.0 Å². The molecule has 0 radical (unpaired) electrons. The lowest BCUT2D eigenvalue weighted by Gasteiger charge is -2.43. The number of hydrogen-bond acceptors (Lipinski definition) is 8. The van der Waals surface area contributed by atoms with E-state index in [1.54, 1.807) is 0 Å². The number of pyridine rings is 2. The third-order valence-corrected chi connectivity index (χ3v) is 10.7. The van der Waals surface area contributed by atoms with Crippen molar-refractivity contribution in [2.24, 2.45) is 5.41 Å². The zero-order chi connectivity index (χ0) is 37.8. The Balaban J connectivity index is 0.734. The first-order chi connectivity index (χ1) is 26.8. The van der Waals surface area contributed by atoms with Crippen molar-refractivity contribution in [2.45, 2.75) is 52.1 Å². The SMILES string of the molecule is Cc1ccc2nc3ccccc3c(NC(=S)NCCCC3OCC4(CO3)COC(CCCNC(=S)Nc3c5ccccc5nc5ccc(C)cc35)OC4)c2c1. The quantitative estimate of drug-likeness (QED) is 0.0611. The number of hydrogen-bond donors (Lipinski definition) is 4. The normalized spacial score (nSPS) is 19.9. The summed E-state index contributed by atoms with van der Waals surface area (Å²) in [5, 5.41) is 19.0. The number of para-hydroxylation sites is 2. The molecule has 4 N–H and O–H groups in total. The van der Waals surface area contributed by atoms with Crippen LogP contribution < -0.4 is 21.3 Å². The highest BCUT2D eigenvalue weighted by Crippen LogP contribution is 2.34. The minimum Gasteiger partial charge on any atom is -0.362 e. The predicted molar refractivity (Wildman–Crippen MR) is 229 cm³/mol. The van der Waals surface area contributed by atoms with Crippen molar-refractivity contribution in [3.8, 4) is 0 Å². The topological polar surface area (TPSA) is 111 Å². The molecule has 2 aliphatic heterocycles. The van der Waals surface area contributed by atoms with Crippen LogP contribution in [0.2, 0.25) is 0 Å². The lowest BCUT2D eigenvalue weighted by atomic mass is 9.90. The van der Waals surface area contributed by atoms with Gasteiger partial charge in [-0.2, -0.15) is 0 Å². The molecule has 10 nitrogen and oxygen atoms in total. The molecule has 12 heteroatoms. The number of ether oxygens (including phenoxy) is 4. The molecule has 0 aliphatic carbocycles. The Kier molecular flexibility index (Phi) is 11.3. The van der Waals surface area contributed by atoms with Gasteiger partial charge in [0.2, 0.25) is 0 Å². The van der Waals surface area contributed by atoms with Crippen LogP contribution in [0.3, 0.4) is 0 Å². The molecule has 2 aromatic heterocycles. The molecule has 284 valence electrons. The summed E-state index contributed by atoms with van der Waals surface area (Å²) in [6, 6.07) is 28.8. The molecule has 4 aromatic carbocycles. The van der Waals surface area contributed by atoms with Gasteiger partial charge >= 0.3 is 0 Å². The van der Waals surface area contributed by atoms with Gasteiger partial charge in [-0.1, -0.05) is 59.7 Å². The molecule has 0 bridgehead atoms. The molecule has 2 fully saturated rings. The Hall–Kier alpha value is -4.56. The summed E-state index contributed by atoms with van der Waals surface area (Å²) in [5.41, 5.74) is 7.73. The van der Waals surface area contributed by atoms with Crippen molar-refractivity contribution in [3.05, 3.63) is 96.1 Å². The third kappa shape index (κ3) is 8.65. The fourth-order valence-corrected chi connectivity index (χ4v) is 7.70. The molecule has 8 rings (SSSR count). The zero-order valence-electron chi connectivity index (χ0n) is 31.2. The lowest BCUT2D eigenvalue weighted by Crippen LogP contribution is -2.52. The van der Waals surface area contributed by atoms with Crippen LogP contribution in [0.25, 0.3) is 43.6 Å². The van der Waals surface area contributed by atoms with E-state index in [4.69, 9.17) is 53.4 Å². The Labute approximate surface area is 331 Å². The number of benzene rings is 4. The highest BCUT2D eigenvalue weighted by Gasteiger charge is 2.41. The summed E-state index contributed by atoms with van der Waals surface area (Å²) in [6.45, 7) is 7.72. The fraction of sp³-hybridized carbons (Fsp3) is 0.349. The number of anilines is 2. The van der Waals surface area contributed by atoms with Gasteiger partial charge in [0, 0.05) is 47.5 Å². The van der Waals surface area contributed by atoms with Crippen LogP contribution in [0, 0.1) is 19.3 Å². The second-order valence-electron chi connectivity index (χ2n) is 14.7. The van der Waals surface area contributed by atoms with Gasteiger partial charge in [0.05, 0.1) is 65.3 Å². The maximum Gasteiger partial charge on any atom is 0.170 e. The molecule has 2 saturated heterocycles. The van der Waals surface area contributed by atoms with Gasteiger partial charge in [0.15, 0.2) is 22.8 Å². The molecule has 1 spiro atoms. The van der Waals surface area contributed by atoms with Gasteiger partial charge < -0.3 is 40.2 Å². The highest BCUT2D eigenvalue weighted by atomic mass is 32.1. The second kappa shape index (κ2) is 16.7. The van der Waals surface area contributed by atoms with Crippen LogP contribution >= 0.6 is 24.4 Å². The van der Waals surface area contributed by atoms with Gasteiger partial charge in [0.1, 0.15) is 0 Å². The molecule has 0 unspecified atom stereocenters. The molecule has 0 atom stereocenters. The molecule has 0 saturated carbocycles. The van der Waals surface area contributed by atoms with Crippen molar-refractivity contribution in [2.75, 3.05) is 50.2 Å². The van der Waals surface area contributed by atoms with Crippen molar-refractivity contribution >= 4 is 89.6 Å². The Morgan fingerprint density at radius 3 is 1.42 bits per heavy atom. The molecule has 55 heavy (non-hydrogen) atoms. The summed E-state index contributed by atoms with van der Waals surface area (Å²) in [7, 11) is 0. The number of aromatic nitrogens is 2. The Bertz CT molecular complexity index is 2190. The number of nitrogens with zero attached hydrogens (tertiary/aromatic N) is 2. The smallest absolute Gasteiger partial charge is 0.170 e. The molecule has 0 amide bonds. The van der Waals surface area contributed by atoms with Crippen LogP contribution in [0.4, 0.5) is 11.4 Å². The molecular formula is C43H46N6O4S2. The van der Waals surface area contributed by atoms with Crippen LogP contribution in [0.1, 0.15) is 36.8 Å². The van der Waals surface area contributed by atoms with Gasteiger partial charge in [-0.05, 0) is 87.5 Å². The summed E-state index contributed by atoms with van der Waals surface area (Å²) in [6.07, 6.45) is 2.67. The minimum atomic E-state index is -0.288. The summed E-state index contributed by atoms with van der Waals surface area (Å²) in [4.78, 5) is 9.68. The Morgan fingerprint density at radius 2 is 0.982 bits per heavy atom. The minimum absolute atomic E-state index is 0.265. The summed E-state index contributed by atoms with van der Waals surface area (Å²) in [5.74, 6) is 0. The number of thiocarbonyl (C=S) groups is 2. The van der Waals surface area contributed by atoms with Crippen molar-refractivity contribution in [3.63, 3.8) is 0 Å². The van der Waals surface area contributed by atoms with E-state index in [0.29, 0.717) is 49.7 Å². The van der Waals surface area contributed by atoms with Crippen LogP contribution in [-0.4, -0.2) is 72.3 Å². The lowest BCUT2D eigenvalue weighted by molar-refractivity contribution is -0.304. The zero-order valence-corrected chi connectivity index (χ0v) is 32.8. The van der Waals surface area contributed by atoms with E-state index in [1.165, 1.54) is 11.1 Å². The maximum atomic E-state index is 6.15. The number of rotatable bonds is 10. The third-order valence-electron chi connectivity index (χ3n) is 10.3. The predicted octanol–water partition coefficient (Wildman–Crippen LogP) is 8.27. The number of aryl methyl sites for hydroxylation is 2. The van der Waals surface area contributed by atoms with Crippen molar-refractivity contribution in [1.29, 1.82) is 0 Å². The largest absolute Gasteiger partial charge is 0.362 e. The van der Waals surface area contributed by atoms with Crippen LogP contribution in [0.5, 0.6) is 0 Å². The first-order valence-electron chi connectivity index (χ1n) is 19.0. The van der Waals surface area contributed by atoms with Crippen molar-refractivity contribution in [1.82, 2.24) is 20.6 Å². The van der Waals surface area contributed by atoms with E-state index in [2.05, 4.69) is 83.6 Å².